The number of anilines is 2. The Morgan fingerprint density at radius 2 is 1.57 bits per heavy atom. The lowest BCUT2D eigenvalue weighted by Gasteiger charge is -2.09. The van der Waals surface area contributed by atoms with Crippen LogP contribution in [-0.2, 0) is 16.3 Å². The number of benzene rings is 3. The van der Waals surface area contributed by atoms with Crippen LogP contribution in [-0.4, -0.2) is 20.1 Å². The highest BCUT2D eigenvalue weighted by Gasteiger charge is 2.17. The standard InChI is InChI=1S/C21H19N3O3S/c22-14-16-13-17(3-10-21(16)23)24-12-11-15-1-6-19(7-2-15)28(26,27)20-8-4-18(25)5-9-20/h1-10,13,24-25H,11-12,23H2. The van der Waals surface area contributed by atoms with Crippen molar-refractivity contribution in [3.8, 4) is 11.8 Å². The Morgan fingerprint density at radius 3 is 2.18 bits per heavy atom. The Labute approximate surface area is 163 Å². The second-order valence-corrected chi connectivity index (χ2v) is 8.18. The maximum atomic E-state index is 12.6. The molecular weight excluding hydrogens is 374 g/mol. The van der Waals surface area contributed by atoms with Gasteiger partial charge in [-0.2, -0.15) is 5.26 Å². The monoisotopic (exact) mass is 393 g/mol. The molecule has 3 aromatic rings. The van der Waals surface area contributed by atoms with E-state index in [2.05, 4.69) is 5.32 Å². The third-order valence-electron chi connectivity index (χ3n) is 4.30. The summed E-state index contributed by atoms with van der Waals surface area (Å²) >= 11 is 0. The van der Waals surface area contributed by atoms with Crippen molar-refractivity contribution in [2.45, 2.75) is 16.2 Å². The number of hydrogen-bond acceptors (Lipinski definition) is 6. The Morgan fingerprint density at radius 1 is 0.964 bits per heavy atom. The number of nitriles is 1. The SMILES string of the molecule is N#Cc1cc(NCCc2ccc(S(=O)(=O)c3ccc(O)cc3)cc2)ccc1N. The Bertz CT molecular complexity index is 1120. The predicted octanol–water partition coefficient (Wildman–Crippen LogP) is 3.33. The van der Waals surface area contributed by atoms with E-state index in [9.17, 15) is 13.5 Å². The molecule has 0 heterocycles. The molecule has 0 bridgehead atoms. The van der Waals surface area contributed by atoms with Crippen molar-refractivity contribution in [2.24, 2.45) is 0 Å². The molecule has 3 aromatic carbocycles. The van der Waals surface area contributed by atoms with Crippen molar-refractivity contribution >= 4 is 21.2 Å². The van der Waals surface area contributed by atoms with Gasteiger partial charge in [-0.1, -0.05) is 12.1 Å². The van der Waals surface area contributed by atoms with Crippen LogP contribution >= 0.6 is 0 Å². The van der Waals surface area contributed by atoms with Gasteiger partial charge >= 0.3 is 0 Å². The summed E-state index contributed by atoms with van der Waals surface area (Å²) in [5.74, 6) is 0.0183. The van der Waals surface area contributed by atoms with Crippen LogP contribution in [0.25, 0.3) is 0 Å². The minimum absolute atomic E-state index is 0.0183. The molecule has 0 radical (unpaired) electrons. The van der Waals surface area contributed by atoms with Crippen LogP contribution in [0, 0.1) is 11.3 Å². The first-order valence-corrected chi connectivity index (χ1v) is 10.0. The van der Waals surface area contributed by atoms with Crippen LogP contribution in [0.1, 0.15) is 11.1 Å². The molecular formula is C21H19N3O3S. The summed E-state index contributed by atoms with van der Waals surface area (Å²) in [7, 11) is -3.62. The molecule has 142 valence electrons. The van der Waals surface area contributed by atoms with Gasteiger partial charge in [0.05, 0.1) is 15.4 Å². The first kappa shape index (κ1) is 19.3. The highest BCUT2D eigenvalue weighted by atomic mass is 32.2. The van der Waals surface area contributed by atoms with E-state index in [1.54, 1.807) is 36.4 Å². The minimum atomic E-state index is -3.62. The number of sulfone groups is 1. The smallest absolute Gasteiger partial charge is 0.206 e. The third-order valence-corrected chi connectivity index (χ3v) is 6.08. The van der Waals surface area contributed by atoms with Crippen LogP contribution < -0.4 is 11.1 Å². The van der Waals surface area contributed by atoms with E-state index in [1.807, 2.05) is 12.1 Å². The van der Waals surface area contributed by atoms with Crippen molar-refractivity contribution < 1.29 is 13.5 Å². The van der Waals surface area contributed by atoms with Gasteiger partial charge in [0.1, 0.15) is 11.8 Å². The quantitative estimate of drug-likeness (QED) is 0.553. The van der Waals surface area contributed by atoms with Gasteiger partial charge in [-0.15, -0.1) is 0 Å². The number of nitrogens with two attached hydrogens (primary N) is 1. The molecule has 0 amide bonds. The molecule has 0 aliphatic carbocycles. The van der Waals surface area contributed by atoms with E-state index in [0.29, 0.717) is 24.2 Å². The molecule has 0 aliphatic heterocycles. The maximum absolute atomic E-state index is 12.6. The first-order chi connectivity index (χ1) is 13.4. The molecule has 0 spiro atoms. The van der Waals surface area contributed by atoms with E-state index >= 15 is 0 Å². The number of aromatic hydroxyl groups is 1. The van der Waals surface area contributed by atoms with E-state index in [4.69, 9.17) is 11.0 Å². The Hall–Kier alpha value is -3.50. The second-order valence-electron chi connectivity index (χ2n) is 6.23. The van der Waals surface area contributed by atoms with Crippen LogP contribution in [0.3, 0.4) is 0 Å². The molecule has 4 N–H and O–H groups in total. The van der Waals surface area contributed by atoms with Crippen molar-refractivity contribution in [1.29, 1.82) is 5.26 Å². The lowest BCUT2D eigenvalue weighted by Crippen LogP contribution is -2.06. The average Bonchev–Trinajstić information content (AvgIpc) is 2.70. The number of nitrogen functional groups attached to an aromatic ring is 1. The van der Waals surface area contributed by atoms with Gasteiger partial charge in [0.2, 0.25) is 9.84 Å². The van der Waals surface area contributed by atoms with E-state index in [0.717, 1.165) is 11.3 Å². The lowest BCUT2D eigenvalue weighted by molar-refractivity contribution is 0.475. The normalized spacial score (nSPS) is 11.0. The van der Waals surface area contributed by atoms with Crippen LogP contribution in [0.4, 0.5) is 11.4 Å². The van der Waals surface area contributed by atoms with Gasteiger partial charge in [-0.05, 0) is 66.6 Å². The summed E-state index contributed by atoms with van der Waals surface area (Å²) in [6.07, 6.45) is 0.686. The fourth-order valence-corrected chi connectivity index (χ4v) is 3.97. The number of phenolic OH excluding ortho intramolecular Hbond substituents is 1. The van der Waals surface area contributed by atoms with Crippen molar-refractivity contribution in [1.82, 2.24) is 0 Å². The molecule has 0 fully saturated rings. The van der Waals surface area contributed by atoms with E-state index < -0.39 is 9.84 Å². The molecule has 28 heavy (non-hydrogen) atoms. The fourth-order valence-electron chi connectivity index (χ4n) is 2.71. The number of rotatable bonds is 6. The van der Waals surface area contributed by atoms with Gasteiger partial charge in [-0.3, -0.25) is 0 Å². The topological polar surface area (TPSA) is 116 Å². The van der Waals surface area contributed by atoms with Crippen LogP contribution in [0.15, 0.2) is 76.5 Å². The van der Waals surface area contributed by atoms with Crippen molar-refractivity contribution in [3.05, 3.63) is 77.9 Å². The zero-order valence-electron chi connectivity index (χ0n) is 15.0. The van der Waals surface area contributed by atoms with Gasteiger partial charge in [0.15, 0.2) is 0 Å². The number of hydrogen-bond donors (Lipinski definition) is 3. The zero-order valence-corrected chi connectivity index (χ0v) is 15.8. The molecule has 3 rings (SSSR count). The van der Waals surface area contributed by atoms with Gasteiger partial charge < -0.3 is 16.2 Å². The van der Waals surface area contributed by atoms with Gasteiger partial charge in [-0.25, -0.2) is 8.42 Å². The largest absolute Gasteiger partial charge is 0.508 e. The summed E-state index contributed by atoms with van der Waals surface area (Å²) in [6, 6.07) is 19.4. The van der Waals surface area contributed by atoms with Gasteiger partial charge in [0, 0.05) is 17.9 Å². The molecule has 0 saturated heterocycles. The molecule has 0 atom stereocenters. The average molecular weight is 393 g/mol. The number of phenols is 1. The first-order valence-electron chi connectivity index (χ1n) is 8.57. The van der Waals surface area contributed by atoms with E-state index in [-0.39, 0.29) is 15.5 Å². The summed E-state index contributed by atoms with van der Waals surface area (Å²) in [5, 5.41) is 21.6. The summed E-state index contributed by atoms with van der Waals surface area (Å²) in [4.78, 5) is 0.337. The maximum Gasteiger partial charge on any atom is 0.206 e. The second kappa shape index (κ2) is 8.03. The highest BCUT2D eigenvalue weighted by Crippen LogP contribution is 2.23. The molecule has 6 nitrogen and oxygen atoms in total. The molecule has 0 aliphatic rings. The predicted molar refractivity (Wildman–Crippen MR) is 108 cm³/mol. The summed E-state index contributed by atoms with van der Waals surface area (Å²) < 4.78 is 25.2. The van der Waals surface area contributed by atoms with Crippen LogP contribution in [0.5, 0.6) is 5.75 Å². The number of nitrogens with one attached hydrogen (secondary N) is 1. The minimum Gasteiger partial charge on any atom is -0.508 e. The molecule has 0 aromatic heterocycles. The fraction of sp³-hybridized carbons (Fsp3) is 0.0952. The van der Waals surface area contributed by atoms with Crippen molar-refractivity contribution in [3.63, 3.8) is 0 Å². The number of nitrogens with zero attached hydrogens (tertiary/aromatic N) is 1. The third kappa shape index (κ3) is 4.24. The zero-order chi connectivity index (χ0) is 20.1. The highest BCUT2D eigenvalue weighted by molar-refractivity contribution is 7.91. The molecule has 7 heteroatoms. The lowest BCUT2D eigenvalue weighted by atomic mass is 10.1. The molecule has 0 saturated carbocycles. The van der Waals surface area contributed by atoms with Crippen molar-refractivity contribution in [2.75, 3.05) is 17.6 Å². The summed E-state index contributed by atoms with van der Waals surface area (Å²) in [5.41, 5.74) is 8.36. The van der Waals surface area contributed by atoms with E-state index in [1.165, 1.54) is 24.3 Å². The Kier molecular flexibility index (Phi) is 5.52. The van der Waals surface area contributed by atoms with Crippen LogP contribution in [0.2, 0.25) is 0 Å². The van der Waals surface area contributed by atoms with Gasteiger partial charge in [0.25, 0.3) is 0 Å². The Balaban J connectivity index is 1.65. The molecule has 0 unspecified atom stereocenters. The summed E-state index contributed by atoms with van der Waals surface area (Å²) in [6.45, 7) is 0.624.